The summed E-state index contributed by atoms with van der Waals surface area (Å²) in [5, 5.41) is 1.00. The molecule has 0 saturated carbocycles. The van der Waals surface area contributed by atoms with Crippen molar-refractivity contribution in [2.45, 2.75) is 13.0 Å². The highest BCUT2D eigenvalue weighted by Gasteiger charge is 2.22. The molecule has 1 N–H and O–H groups in total. The van der Waals surface area contributed by atoms with Crippen molar-refractivity contribution in [2.75, 3.05) is 26.2 Å². The van der Waals surface area contributed by atoms with Crippen molar-refractivity contribution in [1.29, 1.82) is 0 Å². The third-order valence-corrected chi connectivity index (χ3v) is 4.98. The minimum atomic E-state index is 0.122. The number of H-pyrrole nitrogens is 1. The molecule has 3 heterocycles. The van der Waals surface area contributed by atoms with Gasteiger partial charge < -0.3 is 14.5 Å². The van der Waals surface area contributed by atoms with Gasteiger partial charge >= 0.3 is 0 Å². The number of benzene rings is 1. The van der Waals surface area contributed by atoms with Crippen LogP contribution in [0.3, 0.4) is 0 Å². The molecule has 6 nitrogen and oxygen atoms in total. The molecule has 2 aromatic heterocycles. The predicted octanol–water partition coefficient (Wildman–Crippen LogP) is 2.25. The molecular formula is C19H23N5O. The first-order valence-electron chi connectivity index (χ1n) is 8.76. The Kier molecular flexibility index (Phi) is 4.28. The fourth-order valence-electron chi connectivity index (χ4n) is 3.50. The molecule has 130 valence electrons. The zero-order chi connectivity index (χ0) is 17.2. The molecule has 1 aliphatic heterocycles. The van der Waals surface area contributed by atoms with Crippen LogP contribution in [0.25, 0.3) is 10.9 Å². The molecule has 1 aliphatic rings. The molecule has 25 heavy (non-hydrogen) atoms. The van der Waals surface area contributed by atoms with Crippen molar-refractivity contribution in [2.24, 2.45) is 7.05 Å². The first-order valence-corrected chi connectivity index (χ1v) is 8.76. The van der Waals surface area contributed by atoms with Gasteiger partial charge in [-0.1, -0.05) is 18.2 Å². The number of hydrogen-bond donors (Lipinski definition) is 1. The average molecular weight is 337 g/mol. The number of carbonyl (C=O) groups excluding carboxylic acids is 1. The molecule has 3 aromatic rings. The lowest BCUT2D eigenvalue weighted by Crippen LogP contribution is -2.35. The first-order chi connectivity index (χ1) is 12.2. The molecule has 6 heteroatoms. The van der Waals surface area contributed by atoms with Crippen LogP contribution in [-0.2, 0) is 13.6 Å². The van der Waals surface area contributed by atoms with Gasteiger partial charge in [0.05, 0.1) is 12.1 Å². The quantitative estimate of drug-likeness (QED) is 0.797. The van der Waals surface area contributed by atoms with E-state index < -0.39 is 0 Å². The molecule has 4 rings (SSSR count). The van der Waals surface area contributed by atoms with Crippen molar-refractivity contribution < 1.29 is 4.79 Å². The second kappa shape index (κ2) is 6.72. The number of aromatic amines is 1. The van der Waals surface area contributed by atoms with Gasteiger partial charge in [-0.05, 0) is 12.5 Å². The lowest BCUT2D eigenvalue weighted by Gasteiger charge is -2.21. The van der Waals surface area contributed by atoms with Gasteiger partial charge in [0, 0.05) is 62.7 Å². The molecule has 0 atom stereocenters. The minimum absolute atomic E-state index is 0.122. The maximum absolute atomic E-state index is 13.0. The second-order valence-electron chi connectivity index (χ2n) is 6.62. The van der Waals surface area contributed by atoms with Crippen LogP contribution in [0.5, 0.6) is 0 Å². The predicted molar refractivity (Wildman–Crippen MR) is 97.3 cm³/mol. The molecule has 1 fully saturated rings. The summed E-state index contributed by atoms with van der Waals surface area (Å²) in [6.45, 7) is 4.25. The Balaban J connectivity index is 1.45. The van der Waals surface area contributed by atoms with Crippen LogP contribution in [-0.4, -0.2) is 56.4 Å². The van der Waals surface area contributed by atoms with E-state index in [1.165, 1.54) is 0 Å². The van der Waals surface area contributed by atoms with Crippen LogP contribution < -0.4 is 0 Å². The van der Waals surface area contributed by atoms with Crippen LogP contribution in [0, 0.1) is 0 Å². The number of fused-ring (bicyclic) bond motifs is 1. The third-order valence-electron chi connectivity index (χ3n) is 4.98. The van der Waals surface area contributed by atoms with Gasteiger partial charge in [0.1, 0.15) is 5.82 Å². The monoisotopic (exact) mass is 337 g/mol. The Bertz CT molecular complexity index is 881. The van der Waals surface area contributed by atoms with Gasteiger partial charge in [-0.15, -0.1) is 0 Å². The van der Waals surface area contributed by atoms with E-state index in [4.69, 9.17) is 0 Å². The largest absolute Gasteiger partial charge is 0.360 e. The number of carbonyl (C=O) groups is 1. The number of aryl methyl sites for hydroxylation is 1. The van der Waals surface area contributed by atoms with Crippen molar-refractivity contribution in [3.8, 4) is 0 Å². The van der Waals surface area contributed by atoms with Crippen molar-refractivity contribution >= 4 is 16.8 Å². The Morgan fingerprint density at radius 2 is 2.08 bits per heavy atom. The summed E-state index contributed by atoms with van der Waals surface area (Å²) in [5.41, 5.74) is 1.78. The Morgan fingerprint density at radius 3 is 2.92 bits per heavy atom. The highest BCUT2D eigenvalue weighted by Crippen LogP contribution is 2.20. The van der Waals surface area contributed by atoms with Crippen molar-refractivity contribution in [3.05, 3.63) is 54.2 Å². The lowest BCUT2D eigenvalue weighted by molar-refractivity contribution is 0.0763. The molecular weight excluding hydrogens is 314 g/mol. The van der Waals surface area contributed by atoms with Gasteiger partial charge in [0.15, 0.2) is 0 Å². The number of hydrogen-bond acceptors (Lipinski definition) is 3. The Labute approximate surface area is 147 Å². The average Bonchev–Trinajstić information content (AvgIpc) is 3.15. The summed E-state index contributed by atoms with van der Waals surface area (Å²) < 4.78 is 2.06. The van der Waals surface area contributed by atoms with Crippen LogP contribution >= 0.6 is 0 Å². The van der Waals surface area contributed by atoms with E-state index in [-0.39, 0.29) is 5.91 Å². The molecule has 1 saturated heterocycles. The van der Waals surface area contributed by atoms with Crippen LogP contribution in [0.1, 0.15) is 22.6 Å². The highest BCUT2D eigenvalue weighted by molar-refractivity contribution is 6.06. The fraction of sp³-hybridized carbons (Fsp3) is 0.368. The van der Waals surface area contributed by atoms with Crippen LogP contribution in [0.15, 0.2) is 42.9 Å². The van der Waals surface area contributed by atoms with E-state index in [0.717, 1.165) is 61.4 Å². The van der Waals surface area contributed by atoms with Gasteiger partial charge in [0.2, 0.25) is 0 Å². The van der Waals surface area contributed by atoms with Gasteiger partial charge in [0.25, 0.3) is 5.91 Å². The number of aromatic nitrogens is 3. The summed E-state index contributed by atoms with van der Waals surface area (Å²) in [7, 11) is 2.02. The number of amides is 1. The van der Waals surface area contributed by atoms with Crippen LogP contribution in [0.2, 0.25) is 0 Å². The van der Waals surface area contributed by atoms with E-state index in [0.29, 0.717) is 0 Å². The van der Waals surface area contributed by atoms with E-state index in [1.54, 1.807) is 0 Å². The maximum atomic E-state index is 13.0. The summed E-state index contributed by atoms with van der Waals surface area (Å²) in [5.74, 6) is 1.19. The highest BCUT2D eigenvalue weighted by atomic mass is 16.2. The number of nitrogens with zero attached hydrogens (tertiary/aromatic N) is 4. The summed E-state index contributed by atoms with van der Waals surface area (Å²) in [6.07, 6.45) is 6.63. The van der Waals surface area contributed by atoms with Crippen molar-refractivity contribution in [3.63, 3.8) is 0 Å². The molecule has 1 aromatic carbocycles. The van der Waals surface area contributed by atoms with Gasteiger partial charge in [-0.2, -0.15) is 0 Å². The normalized spacial score (nSPS) is 16.3. The van der Waals surface area contributed by atoms with E-state index in [2.05, 4.69) is 19.4 Å². The standard InChI is InChI=1S/C19H23N5O/c1-22-10-7-20-18(22)14-23-8-4-9-24(12-11-23)19(25)16-13-21-17-6-3-2-5-15(16)17/h2-3,5-7,10,13,21H,4,8-9,11-12,14H2,1H3. The van der Waals surface area contributed by atoms with E-state index in [9.17, 15) is 4.79 Å². The summed E-state index contributed by atoms with van der Waals surface area (Å²) >= 11 is 0. The summed E-state index contributed by atoms with van der Waals surface area (Å²) in [6, 6.07) is 7.96. The Morgan fingerprint density at radius 1 is 1.20 bits per heavy atom. The summed E-state index contributed by atoms with van der Waals surface area (Å²) in [4.78, 5) is 24.9. The molecule has 0 bridgehead atoms. The maximum Gasteiger partial charge on any atom is 0.256 e. The van der Waals surface area contributed by atoms with E-state index in [1.807, 2.05) is 54.8 Å². The third kappa shape index (κ3) is 3.17. The molecule has 0 unspecified atom stereocenters. The number of para-hydroxylation sites is 1. The van der Waals surface area contributed by atoms with E-state index >= 15 is 0 Å². The zero-order valence-electron chi connectivity index (χ0n) is 14.5. The Hall–Kier alpha value is -2.60. The second-order valence-corrected chi connectivity index (χ2v) is 6.62. The SMILES string of the molecule is Cn1ccnc1CN1CCCN(C(=O)c2c[nH]c3ccccc23)CC1. The fourth-order valence-corrected chi connectivity index (χ4v) is 3.50. The van der Waals surface area contributed by atoms with Crippen molar-refractivity contribution in [1.82, 2.24) is 24.3 Å². The number of imidazole rings is 1. The number of rotatable bonds is 3. The molecule has 1 amide bonds. The number of nitrogens with one attached hydrogen (secondary N) is 1. The first kappa shape index (κ1) is 15.9. The minimum Gasteiger partial charge on any atom is -0.360 e. The molecule has 0 spiro atoms. The smallest absolute Gasteiger partial charge is 0.256 e. The lowest BCUT2D eigenvalue weighted by atomic mass is 10.1. The molecule has 0 aliphatic carbocycles. The van der Waals surface area contributed by atoms with Gasteiger partial charge in [-0.25, -0.2) is 4.98 Å². The zero-order valence-corrected chi connectivity index (χ0v) is 14.5. The molecule has 0 radical (unpaired) electrons. The van der Waals surface area contributed by atoms with Crippen LogP contribution in [0.4, 0.5) is 0 Å². The van der Waals surface area contributed by atoms with Gasteiger partial charge in [-0.3, -0.25) is 9.69 Å². The topological polar surface area (TPSA) is 57.2 Å².